The van der Waals surface area contributed by atoms with E-state index in [1.165, 1.54) is 0 Å². The van der Waals surface area contributed by atoms with E-state index in [1.54, 1.807) is 7.11 Å². The van der Waals surface area contributed by atoms with Crippen molar-refractivity contribution in [3.05, 3.63) is 47.2 Å². The number of piperazine rings is 1. The van der Waals surface area contributed by atoms with Crippen molar-refractivity contribution in [2.75, 3.05) is 33.3 Å². The first-order valence-electron chi connectivity index (χ1n) is 10.4. The van der Waals surface area contributed by atoms with Crippen molar-refractivity contribution < 1.29 is 18.6 Å². The number of rotatable bonds is 6. The van der Waals surface area contributed by atoms with Crippen molar-refractivity contribution >= 4 is 5.91 Å². The van der Waals surface area contributed by atoms with Gasteiger partial charge in [-0.3, -0.25) is 9.69 Å². The van der Waals surface area contributed by atoms with Gasteiger partial charge in [0.1, 0.15) is 11.5 Å². The Kier molecular flexibility index (Phi) is 6.03. The highest BCUT2D eigenvalue weighted by Crippen LogP contribution is 2.26. The standard InChI is InChI=1S/C22H27N5O4/c1-14(20-15(2)24-30-16(20)3)22(28)27-11-9-26(10-12-27)13-19-23-21(25-31-19)17-5-7-18(29-4)8-6-17/h5-8,14H,9-13H2,1-4H3. The maximum absolute atomic E-state index is 13.0. The fraction of sp³-hybridized carbons (Fsp3) is 0.455. The summed E-state index contributed by atoms with van der Waals surface area (Å²) < 4.78 is 15.8. The summed E-state index contributed by atoms with van der Waals surface area (Å²) in [5, 5.41) is 8.06. The Labute approximate surface area is 180 Å². The zero-order valence-corrected chi connectivity index (χ0v) is 18.3. The summed E-state index contributed by atoms with van der Waals surface area (Å²) in [6.07, 6.45) is 0. The van der Waals surface area contributed by atoms with Gasteiger partial charge in [-0.15, -0.1) is 0 Å². The molecule has 0 spiro atoms. The molecule has 1 amide bonds. The number of amides is 1. The van der Waals surface area contributed by atoms with Crippen molar-refractivity contribution in [2.24, 2.45) is 0 Å². The topological polar surface area (TPSA) is 97.7 Å². The number of aromatic nitrogens is 3. The van der Waals surface area contributed by atoms with Crippen molar-refractivity contribution in [1.82, 2.24) is 25.1 Å². The average Bonchev–Trinajstić information content (AvgIpc) is 3.39. The Hall–Kier alpha value is -3.20. The lowest BCUT2D eigenvalue weighted by Gasteiger charge is -2.35. The van der Waals surface area contributed by atoms with Gasteiger partial charge in [0.25, 0.3) is 0 Å². The first-order chi connectivity index (χ1) is 15.0. The van der Waals surface area contributed by atoms with E-state index in [0.29, 0.717) is 37.1 Å². The molecule has 0 radical (unpaired) electrons. The fourth-order valence-corrected chi connectivity index (χ4v) is 4.00. The molecule has 1 atom stereocenters. The Balaban J connectivity index is 1.32. The number of carbonyl (C=O) groups excluding carboxylic acids is 1. The van der Waals surface area contributed by atoms with Gasteiger partial charge in [0.2, 0.25) is 17.6 Å². The Morgan fingerprint density at radius 2 is 1.81 bits per heavy atom. The molecule has 164 valence electrons. The second-order valence-electron chi connectivity index (χ2n) is 7.80. The first kappa shape index (κ1) is 21.0. The van der Waals surface area contributed by atoms with Crippen LogP contribution in [0.5, 0.6) is 5.75 Å². The maximum Gasteiger partial charge on any atom is 0.241 e. The van der Waals surface area contributed by atoms with Gasteiger partial charge < -0.3 is 18.7 Å². The Morgan fingerprint density at radius 1 is 1.10 bits per heavy atom. The van der Waals surface area contributed by atoms with Crippen LogP contribution in [0.15, 0.2) is 33.3 Å². The largest absolute Gasteiger partial charge is 0.497 e. The molecule has 4 rings (SSSR count). The molecule has 0 bridgehead atoms. The minimum atomic E-state index is -0.263. The third-order valence-corrected chi connectivity index (χ3v) is 5.75. The van der Waals surface area contributed by atoms with Crippen molar-refractivity contribution in [3.63, 3.8) is 0 Å². The van der Waals surface area contributed by atoms with Crippen LogP contribution in [0.4, 0.5) is 0 Å². The van der Waals surface area contributed by atoms with E-state index in [2.05, 4.69) is 20.2 Å². The highest BCUT2D eigenvalue weighted by molar-refractivity contribution is 5.84. The number of carbonyl (C=O) groups is 1. The molecule has 1 aliphatic heterocycles. The Bertz CT molecular complexity index is 1020. The number of ether oxygens (including phenoxy) is 1. The smallest absolute Gasteiger partial charge is 0.241 e. The van der Waals surface area contributed by atoms with Crippen molar-refractivity contribution in [3.8, 4) is 17.1 Å². The molecule has 1 fully saturated rings. The third-order valence-electron chi connectivity index (χ3n) is 5.75. The lowest BCUT2D eigenvalue weighted by molar-refractivity contribution is -0.134. The fourth-order valence-electron chi connectivity index (χ4n) is 4.00. The number of aryl methyl sites for hydroxylation is 2. The van der Waals surface area contributed by atoms with E-state index >= 15 is 0 Å². The molecular formula is C22H27N5O4. The second-order valence-corrected chi connectivity index (χ2v) is 7.80. The summed E-state index contributed by atoms with van der Waals surface area (Å²) >= 11 is 0. The molecule has 2 aromatic heterocycles. The normalized spacial score (nSPS) is 15.8. The molecule has 0 saturated carbocycles. The van der Waals surface area contributed by atoms with Crippen LogP contribution in [-0.2, 0) is 11.3 Å². The molecule has 1 unspecified atom stereocenters. The number of benzene rings is 1. The molecule has 9 heteroatoms. The SMILES string of the molecule is COc1ccc(-c2noc(CN3CCN(C(=O)C(C)c4c(C)noc4C)CC3)n2)cc1. The van der Waals surface area contributed by atoms with Gasteiger partial charge in [-0.25, -0.2) is 0 Å². The van der Waals surface area contributed by atoms with Gasteiger partial charge in [-0.2, -0.15) is 4.98 Å². The molecule has 31 heavy (non-hydrogen) atoms. The van der Waals surface area contributed by atoms with Crippen LogP contribution in [0, 0.1) is 13.8 Å². The molecule has 1 saturated heterocycles. The monoisotopic (exact) mass is 425 g/mol. The van der Waals surface area contributed by atoms with Crippen molar-refractivity contribution in [2.45, 2.75) is 33.2 Å². The molecule has 9 nitrogen and oxygen atoms in total. The molecule has 1 aliphatic rings. The molecular weight excluding hydrogens is 398 g/mol. The van der Waals surface area contributed by atoms with Crippen molar-refractivity contribution in [1.29, 1.82) is 0 Å². The summed E-state index contributed by atoms with van der Waals surface area (Å²) in [5.41, 5.74) is 2.55. The molecule has 3 aromatic rings. The highest BCUT2D eigenvalue weighted by atomic mass is 16.5. The summed E-state index contributed by atoms with van der Waals surface area (Å²) in [6.45, 7) is 9.02. The van der Waals surface area contributed by atoms with E-state index in [0.717, 1.165) is 35.7 Å². The first-order valence-corrected chi connectivity index (χ1v) is 10.4. The van der Waals surface area contributed by atoms with Crippen LogP contribution in [0.2, 0.25) is 0 Å². The van der Waals surface area contributed by atoms with E-state index < -0.39 is 0 Å². The van der Waals surface area contributed by atoms with Gasteiger partial charge in [-0.1, -0.05) is 10.3 Å². The number of nitrogens with zero attached hydrogens (tertiary/aromatic N) is 5. The zero-order chi connectivity index (χ0) is 22.0. The summed E-state index contributed by atoms with van der Waals surface area (Å²) in [4.78, 5) is 21.6. The summed E-state index contributed by atoms with van der Waals surface area (Å²) in [7, 11) is 1.63. The third kappa shape index (κ3) is 4.46. The lowest BCUT2D eigenvalue weighted by atomic mass is 9.97. The molecule has 3 heterocycles. The minimum Gasteiger partial charge on any atom is -0.497 e. The number of hydrogen-bond donors (Lipinski definition) is 0. The molecule has 0 N–H and O–H groups in total. The predicted octanol–water partition coefficient (Wildman–Crippen LogP) is 2.80. The van der Waals surface area contributed by atoms with Gasteiger partial charge in [-0.05, 0) is 45.0 Å². The summed E-state index contributed by atoms with van der Waals surface area (Å²) in [5.74, 6) is 2.45. The minimum absolute atomic E-state index is 0.105. The Morgan fingerprint density at radius 3 is 2.42 bits per heavy atom. The number of hydrogen-bond acceptors (Lipinski definition) is 8. The van der Waals surface area contributed by atoms with Crippen LogP contribution in [0.25, 0.3) is 11.4 Å². The number of methoxy groups -OCH3 is 1. The van der Waals surface area contributed by atoms with Crippen LogP contribution >= 0.6 is 0 Å². The molecule has 1 aromatic carbocycles. The van der Waals surface area contributed by atoms with Crippen LogP contribution in [0.3, 0.4) is 0 Å². The van der Waals surface area contributed by atoms with E-state index in [-0.39, 0.29) is 11.8 Å². The van der Waals surface area contributed by atoms with Gasteiger partial charge >= 0.3 is 0 Å². The predicted molar refractivity (Wildman–Crippen MR) is 113 cm³/mol. The second kappa shape index (κ2) is 8.89. The average molecular weight is 425 g/mol. The van der Waals surface area contributed by atoms with Crippen LogP contribution in [0.1, 0.15) is 35.7 Å². The van der Waals surface area contributed by atoms with Gasteiger partial charge in [0, 0.05) is 37.3 Å². The maximum atomic E-state index is 13.0. The lowest BCUT2D eigenvalue weighted by Crippen LogP contribution is -2.49. The van der Waals surface area contributed by atoms with Crippen LogP contribution in [-0.4, -0.2) is 64.3 Å². The zero-order valence-electron chi connectivity index (χ0n) is 18.3. The van der Waals surface area contributed by atoms with E-state index in [4.69, 9.17) is 13.8 Å². The van der Waals surface area contributed by atoms with Gasteiger partial charge in [0.05, 0.1) is 25.3 Å². The van der Waals surface area contributed by atoms with E-state index in [1.807, 2.05) is 49.9 Å². The quantitative estimate of drug-likeness (QED) is 0.595. The highest BCUT2D eigenvalue weighted by Gasteiger charge is 2.29. The van der Waals surface area contributed by atoms with Gasteiger partial charge in [0.15, 0.2) is 0 Å². The summed E-state index contributed by atoms with van der Waals surface area (Å²) in [6, 6.07) is 7.53. The van der Waals surface area contributed by atoms with Crippen LogP contribution < -0.4 is 4.74 Å². The molecule has 0 aliphatic carbocycles. The van der Waals surface area contributed by atoms with E-state index in [9.17, 15) is 4.79 Å².